The van der Waals surface area contributed by atoms with Crippen molar-refractivity contribution in [3.05, 3.63) is 28.5 Å². The Bertz CT molecular complexity index is 634. The number of benzene rings is 1. The van der Waals surface area contributed by atoms with E-state index in [4.69, 9.17) is 21.8 Å². The zero-order chi connectivity index (χ0) is 15.7. The zero-order valence-corrected chi connectivity index (χ0v) is 12.2. The Labute approximate surface area is 120 Å². The number of carboxylic acids is 1. The Morgan fingerprint density at radius 1 is 1.50 bits per heavy atom. The number of sulfonamides is 1. The standard InChI is InChI=1S/C11H13ClFNO5S/c1-6(5-15)14(2)20(18,19)7-3-8(11(16)17)10(13)9(12)4-7/h3-4,6,15H,5H2,1-2H3,(H,16,17)/t6-/m1/s1. The molecule has 20 heavy (non-hydrogen) atoms. The summed E-state index contributed by atoms with van der Waals surface area (Å²) in [6.07, 6.45) is 0. The van der Waals surface area contributed by atoms with Gasteiger partial charge in [0.15, 0.2) is 5.82 Å². The van der Waals surface area contributed by atoms with E-state index in [1.165, 1.54) is 14.0 Å². The van der Waals surface area contributed by atoms with Gasteiger partial charge in [0.2, 0.25) is 10.0 Å². The summed E-state index contributed by atoms with van der Waals surface area (Å²) in [5, 5.41) is 17.2. The highest BCUT2D eigenvalue weighted by atomic mass is 35.5. The van der Waals surface area contributed by atoms with Crippen LogP contribution in [-0.2, 0) is 10.0 Å². The zero-order valence-electron chi connectivity index (χ0n) is 10.7. The maximum Gasteiger partial charge on any atom is 0.338 e. The number of halogens is 2. The smallest absolute Gasteiger partial charge is 0.338 e. The van der Waals surface area contributed by atoms with Crippen molar-refractivity contribution in [2.24, 2.45) is 0 Å². The van der Waals surface area contributed by atoms with Crippen molar-refractivity contribution in [1.82, 2.24) is 4.31 Å². The van der Waals surface area contributed by atoms with Crippen LogP contribution >= 0.6 is 11.6 Å². The highest BCUT2D eigenvalue weighted by Crippen LogP contribution is 2.26. The lowest BCUT2D eigenvalue weighted by Crippen LogP contribution is -2.37. The summed E-state index contributed by atoms with van der Waals surface area (Å²) < 4.78 is 38.8. The Morgan fingerprint density at radius 2 is 2.05 bits per heavy atom. The van der Waals surface area contributed by atoms with E-state index >= 15 is 0 Å². The molecule has 2 N–H and O–H groups in total. The lowest BCUT2D eigenvalue weighted by molar-refractivity contribution is 0.0691. The Balaban J connectivity index is 3.44. The number of nitrogens with zero attached hydrogens (tertiary/aromatic N) is 1. The number of likely N-dealkylation sites (N-methyl/N-ethyl adjacent to an activating group) is 1. The summed E-state index contributed by atoms with van der Waals surface area (Å²) in [6.45, 7) is 1.04. The Hall–Kier alpha value is -1.22. The molecule has 0 bridgehead atoms. The topological polar surface area (TPSA) is 94.9 Å². The second kappa shape index (κ2) is 6.04. The van der Waals surface area contributed by atoms with E-state index < -0.39 is 49.9 Å². The van der Waals surface area contributed by atoms with Crippen molar-refractivity contribution in [2.45, 2.75) is 17.9 Å². The van der Waals surface area contributed by atoms with Gasteiger partial charge >= 0.3 is 5.97 Å². The molecule has 0 saturated carbocycles. The number of aliphatic hydroxyl groups is 1. The minimum Gasteiger partial charge on any atom is -0.478 e. The quantitative estimate of drug-likeness (QED) is 0.847. The Kier molecular flexibility index (Phi) is 5.09. The molecule has 0 aliphatic heterocycles. The van der Waals surface area contributed by atoms with E-state index in [2.05, 4.69) is 0 Å². The number of hydrogen-bond acceptors (Lipinski definition) is 4. The van der Waals surface area contributed by atoms with Gasteiger partial charge in [-0.3, -0.25) is 0 Å². The summed E-state index contributed by atoms with van der Waals surface area (Å²) >= 11 is 5.52. The fraction of sp³-hybridized carbons (Fsp3) is 0.364. The fourth-order valence-corrected chi connectivity index (χ4v) is 3.08. The van der Waals surface area contributed by atoms with E-state index in [9.17, 15) is 17.6 Å². The van der Waals surface area contributed by atoms with Gasteiger partial charge in [-0.25, -0.2) is 17.6 Å². The molecule has 6 nitrogen and oxygen atoms in total. The normalized spacial score (nSPS) is 13.5. The number of carbonyl (C=O) groups is 1. The molecular weight excluding hydrogens is 313 g/mol. The highest BCUT2D eigenvalue weighted by Gasteiger charge is 2.28. The van der Waals surface area contributed by atoms with Gasteiger partial charge in [-0.2, -0.15) is 4.31 Å². The molecule has 0 aliphatic rings. The average Bonchev–Trinajstić information content (AvgIpc) is 2.39. The number of aliphatic hydroxyl groups excluding tert-OH is 1. The van der Waals surface area contributed by atoms with Crippen LogP contribution in [0.5, 0.6) is 0 Å². The van der Waals surface area contributed by atoms with Crippen LogP contribution in [0.2, 0.25) is 5.02 Å². The first-order chi connectivity index (χ1) is 9.12. The van der Waals surface area contributed by atoms with Crippen molar-refractivity contribution in [2.75, 3.05) is 13.7 Å². The van der Waals surface area contributed by atoms with Crippen LogP contribution in [0.4, 0.5) is 4.39 Å². The predicted octanol–water partition coefficient (Wildman–Crippen LogP) is 1.18. The molecule has 1 rings (SSSR count). The summed E-state index contributed by atoms with van der Waals surface area (Å²) in [5.74, 6) is -2.82. The van der Waals surface area contributed by atoms with Crippen LogP contribution in [0.25, 0.3) is 0 Å². The van der Waals surface area contributed by atoms with Crippen LogP contribution in [-0.4, -0.2) is 48.6 Å². The number of rotatable bonds is 5. The van der Waals surface area contributed by atoms with E-state index in [-0.39, 0.29) is 0 Å². The largest absolute Gasteiger partial charge is 0.478 e. The monoisotopic (exact) mass is 325 g/mol. The molecule has 0 amide bonds. The minimum absolute atomic E-state index is 0.420. The van der Waals surface area contributed by atoms with Crippen molar-refractivity contribution in [3.63, 3.8) is 0 Å². The molecule has 112 valence electrons. The van der Waals surface area contributed by atoms with Gasteiger partial charge in [0.1, 0.15) is 0 Å². The van der Waals surface area contributed by atoms with Crippen LogP contribution in [0.3, 0.4) is 0 Å². The van der Waals surface area contributed by atoms with Gasteiger partial charge in [-0.1, -0.05) is 11.6 Å². The first-order valence-electron chi connectivity index (χ1n) is 5.44. The summed E-state index contributed by atoms with van der Waals surface area (Å²) in [7, 11) is -2.87. The predicted molar refractivity (Wildman–Crippen MR) is 69.9 cm³/mol. The lowest BCUT2D eigenvalue weighted by Gasteiger charge is -2.22. The van der Waals surface area contributed by atoms with Gasteiger partial charge in [-0.05, 0) is 19.1 Å². The molecule has 0 unspecified atom stereocenters. The minimum atomic E-state index is -4.09. The summed E-state index contributed by atoms with van der Waals surface area (Å²) in [5.41, 5.74) is -0.832. The van der Waals surface area contributed by atoms with Crippen molar-refractivity contribution < 1.29 is 27.8 Å². The first kappa shape index (κ1) is 16.8. The van der Waals surface area contributed by atoms with Crippen LogP contribution in [0, 0.1) is 5.82 Å². The van der Waals surface area contributed by atoms with Crippen LogP contribution < -0.4 is 0 Å². The number of aromatic carboxylic acids is 1. The maximum absolute atomic E-state index is 13.5. The number of carboxylic acid groups (broad SMARTS) is 1. The molecule has 0 heterocycles. The summed E-state index contributed by atoms with van der Waals surface area (Å²) in [6, 6.07) is 0.802. The van der Waals surface area contributed by atoms with Crippen molar-refractivity contribution >= 4 is 27.6 Å². The summed E-state index contributed by atoms with van der Waals surface area (Å²) in [4.78, 5) is 10.4. The molecule has 1 aromatic carbocycles. The molecule has 0 radical (unpaired) electrons. The third-order valence-electron chi connectivity index (χ3n) is 2.79. The van der Waals surface area contributed by atoms with Crippen LogP contribution in [0.1, 0.15) is 17.3 Å². The second-order valence-corrected chi connectivity index (χ2v) is 6.53. The molecule has 0 spiro atoms. The van der Waals surface area contributed by atoms with Crippen molar-refractivity contribution in [1.29, 1.82) is 0 Å². The highest BCUT2D eigenvalue weighted by molar-refractivity contribution is 7.89. The van der Waals surface area contributed by atoms with Gasteiger partial charge in [0.05, 0.1) is 22.1 Å². The molecule has 1 atom stereocenters. The molecule has 1 aromatic rings. The fourth-order valence-electron chi connectivity index (χ4n) is 1.39. The van der Waals surface area contributed by atoms with E-state index in [1.807, 2.05) is 0 Å². The molecular formula is C11H13ClFNO5S. The third-order valence-corrected chi connectivity index (χ3v) is 5.02. The lowest BCUT2D eigenvalue weighted by atomic mass is 10.2. The number of hydrogen-bond donors (Lipinski definition) is 2. The van der Waals surface area contributed by atoms with Gasteiger partial charge in [0, 0.05) is 13.1 Å². The molecule has 9 heteroatoms. The maximum atomic E-state index is 13.5. The van der Waals surface area contributed by atoms with Gasteiger partial charge < -0.3 is 10.2 Å². The Morgan fingerprint density at radius 3 is 2.50 bits per heavy atom. The third kappa shape index (κ3) is 3.09. The van der Waals surface area contributed by atoms with E-state index in [0.29, 0.717) is 6.07 Å². The second-order valence-electron chi connectivity index (χ2n) is 4.12. The van der Waals surface area contributed by atoms with E-state index in [1.54, 1.807) is 0 Å². The molecule has 0 fully saturated rings. The molecule has 0 aromatic heterocycles. The molecule has 0 aliphatic carbocycles. The van der Waals surface area contributed by atoms with Crippen LogP contribution in [0.15, 0.2) is 17.0 Å². The van der Waals surface area contributed by atoms with Crippen molar-refractivity contribution in [3.8, 4) is 0 Å². The van der Waals surface area contributed by atoms with Gasteiger partial charge in [0.25, 0.3) is 0 Å². The van der Waals surface area contributed by atoms with E-state index in [0.717, 1.165) is 10.4 Å². The average molecular weight is 326 g/mol. The van der Waals surface area contributed by atoms with Gasteiger partial charge in [-0.15, -0.1) is 0 Å². The first-order valence-corrected chi connectivity index (χ1v) is 7.26. The SMILES string of the molecule is C[C@H](CO)N(C)S(=O)(=O)c1cc(Cl)c(F)c(C(=O)O)c1. The molecule has 0 saturated heterocycles.